The molecule has 0 atom stereocenters. The summed E-state index contributed by atoms with van der Waals surface area (Å²) in [5.41, 5.74) is 19.8. The summed E-state index contributed by atoms with van der Waals surface area (Å²) in [6.45, 7) is 4.75. The Balaban J connectivity index is 0.885. The Morgan fingerprint density at radius 3 is 1.57 bits per heavy atom. The molecule has 1 aromatic heterocycles. The second-order valence-electron chi connectivity index (χ2n) is 18.5. The smallest absolute Gasteiger partial charge is 0.143 e. The zero-order chi connectivity index (χ0) is 44.6. The summed E-state index contributed by atoms with van der Waals surface area (Å²) in [6.07, 6.45) is 0. The molecule has 67 heavy (non-hydrogen) atoms. The molecule has 2 nitrogen and oxygen atoms in total. The first-order valence-corrected chi connectivity index (χ1v) is 23.2. The summed E-state index contributed by atoms with van der Waals surface area (Å²) in [4.78, 5) is 2.41. The Morgan fingerprint density at radius 2 is 0.821 bits per heavy atom. The molecule has 0 unspecified atom stereocenters. The summed E-state index contributed by atoms with van der Waals surface area (Å²) in [5, 5.41) is 7.35. The number of anilines is 3. The molecule has 316 valence electrons. The van der Waals surface area contributed by atoms with Gasteiger partial charge in [-0.2, -0.15) is 0 Å². The molecular weight excluding hydrogens is 811 g/mol. The SMILES string of the molecule is CC1(C)c2cc(-c3ccccc3)ccc2-c2ccc(N(c3ccc(-c4ccc(-c5cccc6c5oc5ccccc56)cc4)cc3)c3ccc(-c4cc5ccccc5c5ccccc45)cc3)cc21. The Hall–Kier alpha value is -8.46. The number of nitrogens with zero attached hydrogens (tertiary/aromatic N) is 1. The molecule has 0 N–H and O–H groups in total. The highest BCUT2D eigenvalue weighted by molar-refractivity contribution is 6.14. The van der Waals surface area contributed by atoms with E-state index in [0.717, 1.165) is 61.3 Å². The van der Waals surface area contributed by atoms with E-state index in [1.807, 2.05) is 12.1 Å². The topological polar surface area (TPSA) is 16.4 Å². The minimum atomic E-state index is -0.190. The largest absolute Gasteiger partial charge is 0.455 e. The first-order valence-electron chi connectivity index (χ1n) is 23.2. The van der Waals surface area contributed by atoms with E-state index < -0.39 is 0 Å². The molecule has 0 radical (unpaired) electrons. The minimum Gasteiger partial charge on any atom is -0.455 e. The van der Waals surface area contributed by atoms with Crippen LogP contribution in [-0.4, -0.2) is 0 Å². The Bertz CT molecular complexity index is 3860. The van der Waals surface area contributed by atoms with Crippen LogP contribution in [0.3, 0.4) is 0 Å². The van der Waals surface area contributed by atoms with E-state index in [1.54, 1.807) is 0 Å². The van der Waals surface area contributed by atoms with Crippen molar-refractivity contribution in [3.05, 3.63) is 248 Å². The molecule has 0 aliphatic heterocycles. The van der Waals surface area contributed by atoms with Crippen LogP contribution in [0.25, 0.3) is 99.1 Å². The van der Waals surface area contributed by atoms with Crippen LogP contribution in [0.15, 0.2) is 241 Å². The van der Waals surface area contributed by atoms with Crippen molar-refractivity contribution in [2.45, 2.75) is 19.3 Å². The molecule has 1 aliphatic carbocycles. The lowest BCUT2D eigenvalue weighted by atomic mass is 9.81. The van der Waals surface area contributed by atoms with Gasteiger partial charge in [-0.1, -0.05) is 196 Å². The van der Waals surface area contributed by atoms with Gasteiger partial charge in [0.15, 0.2) is 0 Å². The molecular formula is C65H45NO. The number of hydrogen-bond acceptors (Lipinski definition) is 2. The molecule has 2 heteroatoms. The van der Waals surface area contributed by atoms with Crippen molar-refractivity contribution in [2.75, 3.05) is 4.90 Å². The minimum absolute atomic E-state index is 0.190. The van der Waals surface area contributed by atoms with Crippen molar-refractivity contribution in [1.82, 2.24) is 0 Å². The van der Waals surface area contributed by atoms with Crippen molar-refractivity contribution in [3.63, 3.8) is 0 Å². The molecule has 11 aromatic carbocycles. The fourth-order valence-electron chi connectivity index (χ4n) is 10.8. The lowest BCUT2D eigenvalue weighted by molar-refractivity contribution is 0.660. The van der Waals surface area contributed by atoms with Crippen LogP contribution >= 0.6 is 0 Å². The summed E-state index contributed by atoms with van der Waals surface area (Å²) >= 11 is 0. The monoisotopic (exact) mass is 855 g/mol. The van der Waals surface area contributed by atoms with E-state index in [4.69, 9.17) is 4.42 Å². The third kappa shape index (κ3) is 6.40. The van der Waals surface area contributed by atoms with Gasteiger partial charge in [0.2, 0.25) is 0 Å². The quantitative estimate of drug-likeness (QED) is 0.149. The molecule has 0 saturated carbocycles. The maximum atomic E-state index is 6.39. The van der Waals surface area contributed by atoms with E-state index in [9.17, 15) is 0 Å². The Kier molecular flexibility index (Phi) is 8.91. The molecule has 13 rings (SSSR count). The lowest BCUT2D eigenvalue weighted by Gasteiger charge is -2.28. The molecule has 1 heterocycles. The molecule has 0 saturated heterocycles. The van der Waals surface area contributed by atoms with Crippen LogP contribution in [0.4, 0.5) is 17.1 Å². The Morgan fingerprint density at radius 1 is 0.313 bits per heavy atom. The highest BCUT2D eigenvalue weighted by Gasteiger charge is 2.36. The van der Waals surface area contributed by atoms with E-state index in [-0.39, 0.29) is 5.41 Å². The number of rotatable bonds is 7. The number of para-hydroxylation sites is 2. The van der Waals surface area contributed by atoms with Crippen molar-refractivity contribution < 1.29 is 4.42 Å². The maximum absolute atomic E-state index is 6.39. The number of furan rings is 1. The van der Waals surface area contributed by atoms with Gasteiger partial charge in [-0.05, 0) is 137 Å². The van der Waals surface area contributed by atoms with Gasteiger partial charge in [0.1, 0.15) is 11.2 Å². The predicted octanol–water partition coefficient (Wildman–Crippen LogP) is 18.3. The third-order valence-electron chi connectivity index (χ3n) is 14.3. The third-order valence-corrected chi connectivity index (χ3v) is 14.3. The number of fused-ring (bicyclic) bond motifs is 9. The highest BCUT2D eigenvalue weighted by atomic mass is 16.3. The van der Waals surface area contributed by atoms with Crippen molar-refractivity contribution in [1.29, 1.82) is 0 Å². The van der Waals surface area contributed by atoms with Gasteiger partial charge >= 0.3 is 0 Å². The average Bonchev–Trinajstić information content (AvgIpc) is 3.88. The zero-order valence-corrected chi connectivity index (χ0v) is 37.4. The lowest BCUT2D eigenvalue weighted by Crippen LogP contribution is -2.16. The van der Waals surface area contributed by atoms with Crippen LogP contribution in [-0.2, 0) is 5.41 Å². The van der Waals surface area contributed by atoms with Gasteiger partial charge in [-0.15, -0.1) is 0 Å². The molecule has 0 amide bonds. The first-order chi connectivity index (χ1) is 33.0. The number of benzene rings is 11. The first kappa shape index (κ1) is 39.0. The number of hydrogen-bond donors (Lipinski definition) is 0. The average molecular weight is 856 g/mol. The van der Waals surface area contributed by atoms with E-state index in [0.29, 0.717) is 0 Å². The van der Waals surface area contributed by atoms with Gasteiger partial charge in [-0.25, -0.2) is 0 Å². The Labute approximate surface area is 390 Å². The highest BCUT2D eigenvalue weighted by Crippen LogP contribution is 2.52. The van der Waals surface area contributed by atoms with Crippen molar-refractivity contribution in [3.8, 4) is 55.6 Å². The van der Waals surface area contributed by atoms with Crippen LogP contribution in [0.1, 0.15) is 25.0 Å². The molecule has 0 fully saturated rings. The predicted molar refractivity (Wildman–Crippen MR) is 283 cm³/mol. The molecule has 0 bridgehead atoms. The van der Waals surface area contributed by atoms with E-state index in [2.05, 4.69) is 243 Å². The molecule has 0 spiro atoms. The fraction of sp³-hybridized carbons (Fsp3) is 0.0462. The zero-order valence-electron chi connectivity index (χ0n) is 37.4. The summed E-state index contributed by atoms with van der Waals surface area (Å²) in [6, 6.07) is 86.4. The van der Waals surface area contributed by atoms with Gasteiger partial charge in [0, 0.05) is 38.8 Å². The van der Waals surface area contributed by atoms with E-state index >= 15 is 0 Å². The second kappa shape index (κ2) is 15.3. The van der Waals surface area contributed by atoms with E-state index in [1.165, 1.54) is 66.1 Å². The van der Waals surface area contributed by atoms with Crippen molar-refractivity contribution in [2.24, 2.45) is 0 Å². The van der Waals surface area contributed by atoms with Crippen molar-refractivity contribution >= 4 is 60.5 Å². The second-order valence-corrected chi connectivity index (χ2v) is 18.5. The van der Waals surface area contributed by atoms with Crippen LogP contribution in [0, 0.1) is 0 Å². The normalized spacial score (nSPS) is 12.7. The fourth-order valence-corrected chi connectivity index (χ4v) is 10.8. The van der Waals surface area contributed by atoms with Gasteiger partial charge in [-0.3, -0.25) is 0 Å². The van der Waals surface area contributed by atoms with Gasteiger partial charge in [0.05, 0.1) is 0 Å². The van der Waals surface area contributed by atoms with Gasteiger partial charge in [0.25, 0.3) is 0 Å². The summed E-state index contributed by atoms with van der Waals surface area (Å²) in [7, 11) is 0. The standard InChI is InChI=1S/C65H45NO/c1-65(2)61-40-47(42-13-4-3-5-14-42)31-37-56(61)57-38-36-51(41-62(57)65)66(50-34-29-46(30-35-50)60-39-48-15-6-7-16-52(48)54-17-8-9-18-55(54)60)49-32-27-44(28-33-49)43-23-25-45(26-24-43)53-20-12-21-59-58-19-10-11-22-63(58)67-64(53)59/h3-41H,1-2H3. The summed E-state index contributed by atoms with van der Waals surface area (Å²) < 4.78 is 6.39. The van der Waals surface area contributed by atoms with Gasteiger partial charge < -0.3 is 9.32 Å². The van der Waals surface area contributed by atoms with Crippen LogP contribution in [0.2, 0.25) is 0 Å². The van der Waals surface area contributed by atoms with Crippen LogP contribution in [0.5, 0.6) is 0 Å². The maximum Gasteiger partial charge on any atom is 0.143 e. The van der Waals surface area contributed by atoms with Crippen LogP contribution < -0.4 is 4.90 Å². The summed E-state index contributed by atoms with van der Waals surface area (Å²) in [5.74, 6) is 0. The molecule has 1 aliphatic rings. The molecule has 12 aromatic rings.